The average Bonchev–Trinajstić information content (AvgIpc) is 2.09. The zero-order chi connectivity index (χ0) is 9.84. The summed E-state index contributed by atoms with van der Waals surface area (Å²) in [6, 6.07) is 7.80. The Morgan fingerprint density at radius 2 is 1.92 bits per heavy atom. The molecule has 13 heavy (non-hydrogen) atoms. The number of aryl methyl sites for hydroxylation is 1. The van der Waals surface area contributed by atoms with E-state index in [4.69, 9.17) is 5.26 Å². The van der Waals surface area contributed by atoms with Crippen molar-refractivity contribution in [2.24, 2.45) is 0 Å². The van der Waals surface area contributed by atoms with Crippen LogP contribution in [0.5, 0.6) is 0 Å². The highest BCUT2D eigenvalue weighted by atomic mass is 17.1. The SMILES string of the molecule is C=C(C)C(OO)c1ccc(C)cc1. The van der Waals surface area contributed by atoms with E-state index in [2.05, 4.69) is 11.5 Å². The van der Waals surface area contributed by atoms with Gasteiger partial charge in [0.1, 0.15) is 6.10 Å². The van der Waals surface area contributed by atoms with Gasteiger partial charge in [0.15, 0.2) is 0 Å². The zero-order valence-electron chi connectivity index (χ0n) is 7.95. The van der Waals surface area contributed by atoms with Gasteiger partial charge in [-0.2, -0.15) is 0 Å². The summed E-state index contributed by atoms with van der Waals surface area (Å²) < 4.78 is 0. The molecule has 0 amide bonds. The highest BCUT2D eigenvalue weighted by Crippen LogP contribution is 2.23. The van der Waals surface area contributed by atoms with Crippen LogP contribution in [-0.4, -0.2) is 5.26 Å². The molecule has 0 aromatic heterocycles. The van der Waals surface area contributed by atoms with Gasteiger partial charge in [-0.25, -0.2) is 4.89 Å². The van der Waals surface area contributed by atoms with Gasteiger partial charge >= 0.3 is 0 Å². The van der Waals surface area contributed by atoms with E-state index in [1.165, 1.54) is 5.56 Å². The van der Waals surface area contributed by atoms with Crippen molar-refractivity contribution >= 4 is 0 Å². The average molecular weight is 178 g/mol. The van der Waals surface area contributed by atoms with Crippen LogP contribution in [0.1, 0.15) is 24.2 Å². The van der Waals surface area contributed by atoms with Crippen LogP contribution < -0.4 is 0 Å². The predicted octanol–water partition coefficient (Wildman–Crippen LogP) is 3.10. The van der Waals surface area contributed by atoms with Gasteiger partial charge in [0, 0.05) is 0 Å². The molecule has 0 heterocycles. The van der Waals surface area contributed by atoms with Crippen molar-refractivity contribution in [3.63, 3.8) is 0 Å². The lowest BCUT2D eigenvalue weighted by atomic mass is 10.0. The molecule has 0 radical (unpaired) electrons. The van der Waals surface area contributed by atoms with Crippen LogP contribution in [0.15, 0.2) is 36.4 Å². The molecular formula is C11H14O2. The Labute approximate surface area is 78.4 Å². The number of rotatable bonds is 3. The van der Waals surface area contributed by atoms with Crippen molar-refractivity contribution in [2.45, 2.75) is 20.0 Å². The fraction of sp³-hybridized carbons (Fsp3) is 0.273. The molecular weight excluding hydrogens is 164 g/mol. The second kappa shape index (κ2) is 4.21. The summed E-state index contributed by atoms with van der Waals surface area (Å²) in [5.41, 5.74) is 2.88. The van der Waals surface area contributed by atoms with E-state index in [9.17, 15) is 0 Å². The van der Waals surface area contributed by atoms with Crippen LogP contribution in [-0.2, 0) is 4.89 Å². The maximum Gasteiger partial charge on any atom is 0.138 e. The summed E-state index contributed by atoms with van der Waals surface area (Å²) in [7, 11) is 0. The molecule has 0 spiro atoms. The van der Waals surface area contributed by atoms with Gasteiger partial charge in [-0.3, -0.25) is 5.26 Å². The van der Waals surface area contributed by atoms with Crippen LogP contribution in [0.3, 0.4) is 0 Å². The first kappa shape index (κ1) is 9.96. The Morgan fingerprint density at radius 3 is 2.31 bits per heavy atom. The first-order valence-electron chi connectivity index (χ1n) is 4.17. The summed E-state index contributed by atoms with van der Waals surface area (Å²) in [5.74, 6) is 0. The second-order valence-electron chi connectivity index (χ2n) is 3.24. The largest absolute Gasteiger partial charge is 0.251 e. The van der Waals surface area contributed by atoms with Crippen LogP contribution in [0.2, 0.25) is 0 Å². The lowest BCUT2D eigenvalue weighted by molar-refractivity contribution is -0.271. The van der Waals surface area contributed by atoms with E-state index >= 15 is 0 Å². The molecule has 0 aliphatic carbocycles. The monoisotopic (exact) mass is 178 g/mol. The molecule has 1 aromatic rings. The summed E-state index contributed by atoms with van der Waals surface area (Å²) in [6.45, 7) is 7.57. The zero-order valence-corrected chi connectivity index (χ0v) is 7.95. The van der Waals surface area contributed by atoms with Gasteiger partial charge in [0.05, 0.1) is 0 Å². The van der Waals surface area contributed by atoms with Gasteiger partial charge in [0.25, 0.3) is 0 Å². The molecule has 1 atom stereocenters. The maximum absolute atomic E-state index is 8.66. The molecule has 2 heteroatoms. The lowest BCUT2D eigenvalue weighted by Gasteiger charge is -2.13. The minimum atomic E-state index is -0.416. The van der Waals surface area contributed by atoms with Crippen molar-refractivity contribution in [3.8, 4) is 0 Å². The van der Waals surface area contributed by atoms with Gasteiger partial charge in [0.2, 0.25) is 0 Å². The van der Waals surface area contributed by atoms with Crippen molar-refractivity contribution in [1.82, 2.24) is 0 Å². The Hall–Kier alpha value is -1.12. The Kier molecular flexibility index (Phi) is 3.23. The molecule has 0 bridgehead atoms. The molecule has 1 unspecified atom stereocenters. The molecule has 1 N–H and O–H groups in total. The molecule has 70 valence electrons. The van der Waals surface area contributed by atoms with Crippen molar-refractivity contribution in [2.75, 3.05) is 0 Å². The summed E-state index contributed by atoms with van der Waals surface area (Å²) in [5, 5.41) is 8.66. The fourth-order valence-electron chi connectivity index (χ4n) is 1.18. The van der Waals surface area contributed by atoms with Gasteiger partial charge in [-0.15, -0.1) is 0 Å². The third kappa shape index (κ3) is 2.41. The van der Waals surface area contributed by atoms with E-state index in [1.807, 2.05) is 38.1 Å². The standard InChI is InChI=1S/C11H14O2/c1-8(2)11(13-12)10-6-4-9(3)5-7-10/h4-7,11-12H,1H2,2-3H3. The first-order valence-corrected chi connectivity index (χ1v) is 4.17. The highest BCUT2D eigenvalue weighted by molar-refractivity contribution is 5.27. The van der Waals surface area contributed by atoms with Crippen molar-refractivity contribution in [3.05, 3.63) is 47.5 Å². The minimum absolute atomic E-state index is 0.416. The Balaban J connectivity index is 2.92. The third-order valence-electron chi connectivity index (χ3n) is 1.93. The molecule has 1 rings (SSSR count). The summed E-state index contributed by atoms with van der Waals surface area (Å²) in [4.78, 5) is 4.34. The molecule has 0 fully saturated rings. The fourth-order valence-corrected chi connectivity index (χ4v) is 1.18. The van der Waals surface area contributed by atoms with E-state index in [0.29, 0.717) is 0 Å². The Morgan fingerprint density at radius 1 is 1.38 bits per heavy atom. The minimum Gasteiger partial charge on any atom is -0.251 e. The van der Waals surface area contributed by atoms with Crippen molar-refractivity contribution < 1.29 is 10.1 Å². The van der Waals surface area contributed by atoms with Crippen LogP contribution >= 0.6 is 0 Å². The summed E-state index contributed by atoms with van der Waals surface area (Å²) >= 11 is 0. The lowest BCUT2D eigenvalue weighted by Crippen LogP contribution is -2.02. The quantitative estimate of drug-likeness (QED) is 0.438. The topological polar surface area (TPSA) is 29.5 Å². The molecule has 2 nitrogen and oxygen atoms in total. The number of benzene rings is 1. The summed E-state index contributed by atoms with van der Waals surface area (Å²) in [6.07, 6.45) is -0.416. The predicted molar refractivity (Wildman–Crippen MR) is 52.4 cm³/mol. The van der Waals surface area contributed by atoms with E-state index in [0.717, 1.165) is 11.1 Å². The van der Waals surface area contributed by atoms with Crippen molar-refractivity contribution in [1.29, 1.82) is 0 Å². The first-order chi connectivity index (χ1) is 6.15. The molecule has 0 saturated heterocycles. The molecule has 1 aromatic carbocycles. The van der Waals surface area contributed by atoms with Crippen LogP contribution in [0.25, 0.3) is 0 Å². The van der Waals surface area contributed by atoms with Gasteiger partial charge in [-0.05, 0) is 25.0 Å². The molecule has 0 aliphatic rings. The third-order valence-corrected chi connectivity index (χ3v) is 1.93. The molecule has 0 saturated carbocycles. The highest BCUT2D eigenvalue weighted by Gasteiger charge is 2.11. The number of hydrogen-bond donors (Lipinski definition) is 1. The Bertz CT molecular complexity index is 287. The van der Waals surface area contributed by atoms with Crippen LogP contribution in [0, 0.1) is 6.92 Å². The van der Waals surface area contributed by atoms with E-state index < -0.39 is 6.10 Å². The second-order valence-corrected chi connectivity index (χ2v) is 3.24. The maximum atomic E-state index is 8.66. The van der Waals surface area contributed by atoms with Crippen LogP contribution in [0.4, 0.5) is 0 Å². The van der Waals surface area contributed by atoms with Gasteiger partial charge < -0.3 is 0 Å². The normalized spacial score (nSPS) is 12.5. The number of hydrogen-bond acceptors (Lipinski definition) is 2. The van der Waals surface area contributed by atoms with E-state index in [-0.39, 0.29) is 0 Å². The smallest absolute Gasteiger partial charge is 0.138 e. The molecule has 0 aliphatic heterocycles. The van der Waals surface area contributed by atoms with Gasteiger partial charge in [-0.1, -0.05) is 36.4 Å². The van der Waals surface area contributed by atoms with E-state index in [1.54, 1.807) is 0 Å².